The molecule has 0 radical (unpaired) electrons. The average Bonchev–Trinajstić information content (AvgIpc) is 2.79. The topological polar surface area (TPSA) is 42.4 Å². The quantitative estimate of drug-likeness (QED) is 0.771. The van der Waals surface area contributed by atoms with Crippen molar-refractivity contribution >= 4 is 17.7 Å². The number of ether oxygens (including phenoxy) is 1. The molecule has 4 nitrogen and oxygen atoms in total. The van der Waals surface area contributed by atoms with Crippen molar-refractivity contribution < 1.29 is 9.53 Å². The van der Waals surface area contributed by atoms with Gasteiger partial charge in [0.1, 0.15) is 0 Å². The molecule has 0 spiro atoms. The third-order valence-electron chi connectivity index (χ3n) is 3.55. The Balaban J connectivity index is 1.86. The van der Waals surface area contributed by atoms with E-state index in [2.05, 4.69) is 23.4 Å². The lowest BCUT2D eigenvalue weighted by Crippen LogP contribution is -2.28. The normalized spacial score (nSPS) is 18.8. The van der Waals surface area contributed by atoms with E-state index in [0.29, 0.717) is 25.5 Å². The molecule has 1 aromatic rings. The number of amides is 1. The lowest BCUT2D eigenvalue weighted by atomic mass is 10.0. The van der Waals surface area contributed by atoms with Gasteiger partial charge in [-0.3, -0.25) is 9.78 Å². The zero-order valence-electron chi connectivity index (χ0n) is 12.2. The van der Waals surface area contributed by atoms with Crippen molar-refractivity contribution in [3.8, 4) is 0 Å². The van der Waals surface area contributed by atoms with Crippen LogP contribution in [-0.4, -0.2) is 48.9 Å². The fraction of sp³-hybridized carbons (Fsp3) is 0.600. The van der Waals surface area contributed by atoms with Crippen molar-refractivity contribution in [3.05, 3.63) is 29.6 Å². The molecule has 20 heavy (non-hydrogen) atoms. The van der Waals surface area contributed by atoms with Gasteiger partial charge in [-0.15, -0.1) is 0 Å². The smallest absolute Gasteiger partial charge is 0.223 e. The van der Waals surface area contributed by atoms with Crippen LogP contribution in [0.15, 0.2) is 18.3 Å². The van der Waals surface area contributed by atoms with E-state index in [0.717, 1.165) is 24.4 Å². The van der Waals surface area contributed by atoms with Crippen molar-refractivity contribution in [1.29, 1.82) is 0 Å². The first kappa shape index (κ1) is 15.3. The van der Waals surface area contributed by atoms with Crippen LogP contribution in [0.25, 0.3) is 0 Å². The number of methoxy groups -OCH3 is 1. The van der Waals surface area contributed by atoms with Crippen LogP contribution in [0.3, 0.4) is 0 Å². The number of rotatable bonds is 7. The summed E-state index contributed by atoms with van der Waals surface area (Å²) >= 11 is 1.80. The second kappa shape index (κ2) is 7.64. The molecule has 2 heterocycles. The summed E-state index contributed by atoms with van der Waals surface area (Å²) in [6, 6.07) is 4.23. The molecule has 0 N–H and O–H groups in total. The van der Waals surface area contributed by atoms with Gasteiger partial charge in [-0.2, -0.15) is 11.8 Å². The summed E-state index contributed by atoms with van der Waals surface area (Å²) in [6.45, 7) is 2.14. The highest BCUT2D eigenvalue weighted by Crippen LogP contribution is 2.21. The number of hydrogen-bond donors (Lipinski definition) is 0. The number of hydrogen-bond acceptors (Lipinski definition) is 4. The van der Waals surface area contributed by atoms with Gasteiger partial charge in [-0.05, 0) is 30.2 Å². The first-order valence-electron chi connectivity index (χ1n) is 6.92. The SMILES string of the molecule is COCCN1C[C@@H](Cc2ccc(CSC)cn2)CC1=O. The maximum absolute atomic E-state index is 11.9. The number of nitrogens with zero attached hydrogens (tertiary/aromatic N) is 2. The van der Waals surface area contributed by atoms with Crippen molar-refractivity contribution in [2.45, 2.75) is 18.6 Å². The van der Waals surface area contributed by atoms with Crippen molar-refractivity contribution in [1.82, 2.24) is 9.88 Å². The van der Waals surface area contributed by atoms with Crippen LogP contribution >= 0.6 is 11.8 Å². The summed E-state index contributed by atoms with van der Waals surface area (Å²) in [5.74, 6) is 1.63. The Morgan fingerprint density at radius 2 is 2.35 bits per heavy atom. The van der Waals surface area contributed by atoms with Crippen LogP contribution in [0.2, 0.25) is 0 Å². The number of thioether (sulfide) groups is 1. The Bertz CT molecular complexity index is 436. The summed E-state index contributed by atoms with van der Waals surface area (Å²) in [7, 11) is 1.66. The molecule has 5 heteroatoms. The Morgan fingerprint density at radius 1 is 1.50 bits per heavy atom. The fourth-order valence-electron chi connectivity index (χ4n) is 2.53. The van der Waals surface area contributed by atoms with E-state index >= 15 is 0 Å². The predicted octanol–water partition coefficient (Wildman–Crippen LogP) is 1.98. The van der Waals surface area contributed by atoms with Gasteiger partial charge in [-0.1, -0.05) is 6.07 Å². The summed E-state index contributed by atoms with van der Waals surface area (Å²) in [4.78, 5) is 18.3. The number of aromatic nitrogens is 1. The fourth-order valence-corrected chi connectivity index (χ4v) is 3.04. The van der Waals surface area contributed by atoms with Gasteiger partial charge >= 0.3 is 0 Å². The standard InChI is InChI=1S/C15H22N2O2S/c1-19-6-5-17-10-13(8-15(17)18)7-14-4-3-12(9-16-14)11-20-2/h3-4,9,13H,5-8,10-11H2,1-2H3/t13-/m0/s1. The highest BCUT2D eigenvalue weighted by atomic mass is 32.2. The molecule has 0 saturated carbocycles. The molecule has 0 aliphatic carbocycles. The van der Waals surface area contributed by atoms with E-state index in [9.17, 15) is 4.79 Å². The molecule has 1 fully saturated rings. The summed E-state index contributed by atoms with van der Waals surface area (Å²) in [5, 5.41) is 0. The molecule has 1 amide bonds. The van der Waals surface area contributed by atoms with Crippen molar-refractivity contribution in [2.75, 3.05) is 33.1 Å². The highest BCUT2D eigenvalue weighted by molar-refractivity contribution is 7.97. The van der Waals surface area contributed by atoms with E-state index in [-0.39, 0.29) is 5.91 Å². The number of pyridine rings is 1. The van der Waals surface area contributed by atoms with Crippen LogP contribution in [0.4, 0.5) is 0 Å². The second-order valence-corrected chi connectivity index (χ2v) is 6.06. The lowest BCUT2D eigenvalue weighted by molar-refractivity contribution is -0.128. The molecule has 1 aliphatic heterocycles. The predicted molar refractivity (Wildman–Crippen MR) is 81.7 cm³/mol. The molecule has 0 bridgehead atoms. The van der Waals surface area contributed by atoms with Crippen LogP contribution in [-0.2, 0) is 21.7 Å². The van der Waals surface area contributed by atoms with E-state index in [1.165, 1.54) is 5.56 Å². The third-order valence-corrected chi connectivity index (χ3v) is 4.18. The molecule has 2 rings (SSSR count). The maximum Gasteiger partial charge on any atom is 0.223 e. The van der Waals surface area contributed by atoms with E-state index in [4.69, 9.17) is 4.74 Å². The van der Waals surface area contributed by atoms with E-state index in [1.54, 1.807) is 18.9 Å². The van der Waals surface area contributed by atoms with Gasteiger partial charge < -0.3 is 9.64 Å². The summed E-state index contributed by atoms with van der Waals surface area (Å²) in [5.41, 5.74) is 2.34. The largest absolute Gasteiger partial charge is 0.383 e. The highest BCUT2D eigenvalue weighted by Gasteiger charge is 2.29. The summed E-state index contributed by atoms with van der Waals surface area (Å²) in [6.07, 6.45) is 5.56. The first-order valence-corrected chi connectivity index (χ1v) is 8.31. The van der Waals surface area contributed by atoms with E-state index < -0.39 is 0 Å². The van der Waals surface area contributed by atoms with Gasteiger partial charge in [0, 0.05) is 44.3 Å². The molecular weight excluding hydrogens is 272 g/mol. The molecule has 0 aromatic carbocycles. The molecule has 110 valence electrons. The third kappa shape index (κ3) is 4.21. The number of carbonyl (C=O) groups is 1. The lowest BCUT2D eigenvalue weighted by Gasteiger charge is -2.15. The minimum Gasteiger partial charge on any atom is -0.383 e. The van der Waals surface area contributed by atoms with Gasteiger partial charge in [0.05, 0.1) is 6.61 Å². The molecule has 1 saturated heterocycles. The van der Waals surface area contributed by atoms with Gasteiger partial charge in [0.25, 0.3) is 0 Å². The first-order chi connectivity index (χ1) is 9.72. The zero-order valence-corrected chi connectivity index (χ0v) is 13.0. The number of likely N-dealkylation sites (tertiary alicyclic amines) is 1. The van der Waals surface area contributed by atoms with Crippen LogP contribution < -0.4 is 0 Å². The molecule has 1 aromatic heterocycles. The Morgan fingerprint density at radius 3 is 3.00 bits per heavy atom. The molecule has 1 atom stereocenters. The molecule has 0 unspecified atom stereocenters. The molecular formula is C15H22N2O2S. The van der Waals surface area contributed by atoms with E-state index in [1.807, 2.05) is 11.1 Å². The van der Waals surface area contributed by atoms with Gasteiger partial charge in [0.2, 0.25) is 5.91 Å². The summed E-state index contributed by atoms with van der Waals surface area (Å²) < 4.78 is 5.03. The van der Waals surface area contributed by atoms with Crippen molar-refractivity contribution in [3.63, 3.8) is 0 Å². The van der Waals surface area contributed by atoms with Crippen LogP contribution in [0, 0.1) is 5.92 Å². The van der Waals surface area contributed by atoms with Crippen LogP contribution in [0.1, 0.15) is 17.7 Å². The van der Waals surface area contributed by atoms with Crippen LogP contribution in [0.5, 0.6) is 0 Å². The zero-order chi connectivity index (χ0) is 14.4. The number of carbonyl (C=O) groups excluding carboxylic acids is 1. The second-order valence-electron chi connectivity index (χ2n) is 5.20. The minimum absolute atomic E-state index is 0.242. The minimum atomic E-state index is 0.242. The van der Waals surface area contributed by atoms with Crippen molar-refractivity contribution in [2.24, 2.45) is 5.92 Å². The molecule has 1 aliphatic rings. The average molecular weight is 294 g/mol. The maximum atomic E-state index is 11.9. The Kier molecular flexibility index (Phi) is 5.86. The van der Waals surface area contributed by atoms with Gasteiger partial charge in [0.15, 0.2) is 0 Å². The Hall–Kier alpha value is -1.07. The monoisotopic (exact) mass is 294 g/mol. The Labute approximate surface area is 124 Å². The van der Waals surface area contributed by atoms with Gasteiger partial charge in [-0.25, -0.2) is 0 Å².